The maximum Gasteiger partial charge on any atom is 0.162 e. The van der Waals surface area contributed by atoms with Gasteiger partial charge in [0, 0.05) is 24.5 Å². The van der Waals surface area contributed by atoms with Gasteiger partial charge in [-0.25, -0.2) is 8.78 Å². The van der Waals surface area contributed by atoms with E-state index in [1.54, 1.807) is 23.5 Å². The number of fused-ring (bicyclic) bond motifs is 2. The Labute approximate surface area is 155 Å². The second kappa shape index (κ2) is 6.32. The molecule has 138 valence electrons. The first-order valence-electron chi connectivity index (χ1n) is 9.33. The van der Waals surface area contributed by atoms with Gasteiger partial charge in [0.25, 0.3) is 0 Å². The van der Waals surface area contributed by atoms with Crippen LogP contribution < -0.4 is 0 Å². The van der Waals surface area contributed by atoms with E-state index in [4.69, 9.17) is 0 Å². The highest BCUT2D eigenvalue weighted by molar-refractivity contribution is 7.11. The van der Waals surface area contributed by atoms with Crippen LogP contribution in [0.5, 0.6) is 0 Å². The quantitative estimate of drug-likeness (QED) is 0.824. The van der Waals surface area contributed by atoms with Crippen molar-refractivity contribution >= 4 is 11.3 Å². The molecule has 7 heteroatoms. The Kier molecular flexibility index (Phi) is 4.06. The van der Waals surface area contributed by atoms with Crippen molar-refractivity contribution in [3.63, 3.8) is 0 Å². The molecule has 0 spiro atoms. The Hall–Kier alpha value is -1.44. The highest BCUT2D eigenvalue weighted by Gasteiger charge is 2.53. The number of hydrogen-bond acceptors (Lipinski definition) is 5. The van der Waals surface area contributed by atoms with Gasteiger partial charge in [0.15, 0.2) is 11.6 Å². The summed E-state index contributed by atoms with van der Waals surface area (Å²) in [5.74, 6) is -0.769. The van der Waals surface area contributed by atoms with Crippen LogP contribution >= 0.6 is 11.3 Å². The van der Waals surface area contributed by atoms with Gasteiger partial charge in [-0.1, -0.05) is 12.1 Å². The lowest BCUT2D eigenvalue weighted by Crippen LogP contribution is -2.60. The Morgan fingerprint density at radius 1 is 1.15 bits per heavy atom. The molecule has 26 heavy (non-hydrogen) atoms. The number of benzene rings is 1. The monoisotopic (exact) mass is 376 g/mol. The summed E-state index contributed by atoms with van der Waals surface area (Å²) in [7, 11) is 0. The maximum atomic E-state index is 14.6. The summed E-state index contributed by atoms with van der Waals surface area (Å²) in [4.78, 5) is 4.96. The molecule has 6 rings (SSSR count). The average molecular weight is 376 g/mol. The fourth-order valence-electron chi connectivity index (χ4n) is 5.38. The third-order valence-electron chi connectivity index (χ3n) is 6.38. The summed E-state index contributed by atoms with van der Waals surface area (Å²) < 4.78 is 28.5. The fraction of sp³-hybridized carbons (Fsp3) is 0.579. The Balaban J connectivity index is 1.51. The van der Waals surface area contributed by atoms with Crippen LogP contribution in [-0.4, -0.2) is 51.7 Å². The van der Waals surface area contributed by atoms with E-state index in [2.05, 4.69) is 20.0 Å². The van der Waals surface area contributed by atoms with Gasteiger partial charge in [0.05, 0.1) is 6.54 Å². The SMILES string of the molecule is Cc1nnc(CN2C[C@H](c3cccc(F)c3F)[C@H]3[C@@H]2C2CCN3CC2)s1. The van der Waals surface area contributed by atoms with Crippen molar-refractivity contribution in [3.8, 4) is 0 Å². The normalized spacial score (nSPS) is 33.6. The van der Waals surface area contributed by atoms with Gasteiger partial charge in [0.1, 0.15) is 10.0 Å². The van der Waals surface area contributed by atoms with Crippen LogP contribution in [0.4, 0.5) is 8.78 Å². The molecular formula is C19H22F2N4S. The minimum Gasteiger partial charge on any atom is -0.298 e. The molecule has 0 aliphatic carbocycles. The molecule has 2 aromatic rings. The average Bonchev–Trinajstić information content (AvgIpc) is 3.24. The fourth-order valence-corrected chi connectivity index (χ4v) is 6.11. The molecule has 1 aromatic carbocycles. The molecule has 4 aliphatic heterocycles. The van der Waals surface area contributed by atoms with Crippen LogP contribution in [0.2, 0.25) is 0 Å². The summed E-state index contributed by atoms with van der Waals surface area (Å²) in [6.45, 7) is 5.62. The minimum atomic E-state index is -0.742. The Bertz CT molecular complexity index is 818. The van der Waals surface area contributed by atoms with E-state index < -0.39 is 11.6 Å². The largest absolute Gasteiger partial charge is 0.298 e. The van der Waals surface area contributed by atoms with Gasteiger partial charge in [-0.15, -0.1) is 21.5 Å². The number of aromatic nitrogens is 2. The Morgan fingerprint density at radius 2 is 1.96 bits per heavy atom. The molecule has 0 radical (unpaired) electrons. The molecule has 2 bridgehead atoms. The van der Waals surface area contributed by atoms with Crippen molar-refractivity contribution in [1.82, 2.24) is 20.0 Å². The zero-order valence-corrected chi connectivity index (χ0v) is 15.6. The van der Waals surface area contributed by atoms with Crippen molar-refractivity contribution in [2.75, 3.05) is 19.6 Å². The smallest absolute Gasteiger partial charge is 0.162 e. The molecule has 0 unspecified atom stereocenters. The van der Waals surface area contributed by atoms with Crippen LogP contribution in [0.15, 0.2) is 18.2 Å². The molecule has 4 aliphatic rings. The molecule has 4 saturated heterocycles. The topological polar surface area (TPSA) is 32.3 Å². The zero-order valence-electron chi connectivity index (χ0n) is 14.7. The molecule has 1 aromatic heterocycles. The molecule has 3 atom stereocenters. The highest BCUT2D eigenvalue weighted by Crippen LogP contribution is 2.47. The van der Waals surface area contributed by atoms with E-state index in [1.807, 2.05) is 6.92 Å². The lowest BCUT2D eigenvalue weighted by atomic mass is 9.75. The summed E-state index contributed by atoms with van der Waals surface area (Å²) in [5, 5.41) is 10.4. The molecule has 0 amide bonds. The molecule has 4 nitrogen and oxygen atoms in total. The molecule has 0 N–H and O–H groups in total. The van der Waals surface area contributed by atoms with Gasteiger partial charge < -0.3 is 0 Å². The molecule has 5 heterocycles. The third kappa shape index (κ3) is 2.60. The van der Waals surface area contributed by atoms with Crippen LogP contribution in [0.3, 0.4) is 0 Å². The second-order valence-corrected chi connectivity index (χ2v) is 9.01. The predicted molar refractivity (Wildman–Crippen MR) is 96.0 cm³/mol. The zero-order chi connectivity index (χ0) is 17.8. The van der Waals surface area contributed by atoms with E-state index in [1.165, 1.54) is 18.9 Å². The van der Waals surface area contributed by atoms with Crippen molar-refractivity contribution in [2.45, 2.75) is 44.3 Å². The van der Waals surface area contributed by atoms with Gasteiger partial charge in [-0.05, 0) is 50.4 Å². The lowest BCUT2D eigenvalue weighted by Gasteiger charge is -2.51. The molecular weight excluding hydrogens is 354 g/mol. The standard InChI is InChI=1S/C19H22F2N4S/c1-11-22-23-16(26-11)10-25-9-14(13-3-2-4-15(20)17(13)21)19-18(25)12-5-7-24(19)8-6-12/h2-4,12,14,18-19H,5-10H2,1H3/t14-,18+,19+/m1/s1. The number of halogens is 2. The third-order valence-corrected chi connectivity index (χ3v) is 7.20. The first-order chi connectivity index (χ1) is 12.6. The molecule has 0 saturated carbocycles. The van der Waals surface area contributed by atoms with E-state index in [-0.39, 0.29) is 12.0 Å². The summed E-state index contributed by atoms with van der Waals surface area (Å²) in [6, 6.07) is 5.28. The maximum absolute atomic E-state index is 14.6. The second-order valence-electron chi connectivity index (χ2n) is 7.75. The number of aryl methyl sites for hydroxylation is 1. The van der Waals surface area contributed by atoms with Gasteiger partial charge in [-0.2, -0.15) is 0 Å². The number of likely N-dealkylation sites (tertiary alicyclic amines) is 1. The number of piperidine rings is 3. The van der Waals surface area contributed by atoms with E-state index in [9.17, 15) is 8.78 Å². The van der Waals surface area contributed by atoms with E-state index in [0.29, 0.717) is 17.5 Å². The lowest BCUT2D eigenvalue weighted by molar-refractivity contribution is -0.00893. The van der Waals surface area contributed by atoms with Crippen molar-refractivity contribution in [1.29, 1.82) is 0 Å². The predicted octanol–water partition coefficient (Wildman–Crippen LogP) is 3.19. The Morgan fingerprint density at radius 3 is 2.69 bits per heavy atom. The van der Waals surface area contributed by atoms with Crippen LogP contribution in [0.25, 0.3) is 0 Å². The number of rotatable bonds is 3. The van der Waals surface area contributed by atoms with Gasteiger partial charge in [0.2, 0.25) is 0 Å². The summed E-state index contributed by atoms with van der Waals surface area (Å²) in [6.07, 6.45) is 2.40. The van der Waals surface area contributed by atoms with Gasteiger partial charge >= 0.3 is 0 Å². The van der Waals surface area contributed by atoms with Crippen LogP contribution in [0, 0.1) is 24.5 Å². The van der Waals surface area contributed by atoms with Crippen molar-refractivity contribution in [3.05, 3.63) is 45.4 Å². The number of hydrogen-bond donors (Lipinski definition) is 0. The summed E-state index contributed by atoms with van der Waals surface area (Å²) >= 11 is 1.63. The van der Waals surface area contributed by atoms with E-state index >= 15 is 0 Å². The molecule has 4 fully saturated rings. The van der Waals surface area contributed by atoms with Crippen molar-refractivity contribution < 1.29 is 8.78 Å². The first-order valence-corrected chi connectivity index (χ1v) is 10.1. The number of nitrogens with zero attached hydrogens (tertiary/aromatic N) is 4. The first kappa shape index (κ1) is 16.7. The van der Waals surface area contributed by atoms with Crippen molar-refractivity contribution in [2.24, 2.45) is 5.92 Å². The van der Waals surface area contributed by atoms with Crippen LogP contribution in [-0.2, 0) is 6.54 Å². The van der Waals surface area contributed by atoms with Gasteiger partial charge in [-0.3, -0.25) is 9.80 Å². The van der Waals surface area contributed by atoms with Crippen LogP contribution in [0.1, 0.15) is 34.3 Å². The van der Waals surface area contributed by atoms with E-state index in [0.717, 1.165) is 36.2 Å². The minimum absolute atomic E-state index is 0.00724. The summed E-state index contributed by atoms with van der Waals surface area (Å²) in [5.41, 5.74) is 0.531. The highest BCUT2D eigenvalue weighted by atomic mass is 32.1.